The molecule has 0 radical (unpaired) electrons. The maximum atomic E-state index is 3.83. The van der Waals surface area contributed by atoms with Gasteiger partial charge in [-0.25, -0.2) is 0 Å². The first-order valence-electron chi connectivity index (χ1n) is 4.10. The maximum Gasteiger partial charge on any atom is -0.00979 e. The summed E-state index contributed by atoms with van der Waals surface area (Å²) in [7, 11) is 0. The lowest BCUT2D eigenvalue weighted by Crippen LogP contribution is -2.07. The summed E-state index contributed by atoms with van der Waals surface area (Å²) in [6.45, 7) is 12.2. The van der Waals surface area contributed by atoms with Crippen molar-refractivity contribution in [3.8, 4) is 0 Å². The zero-order chi connectivity index (χ0) is 8.48. The summed E-state index contributed by atoms with van der Waals surface area (Å²) in [5, 5.41) is 0. The second kappa shape index (κ2) is 2.69. The highest BCUT2D eigenvalue weighted by molar-refractivity contribution is 5.39. The van der Waals surface area contributed by atoms with Gasteiger partial charge in [0.05, 0.1) is 0 Å². The van der Waals surface area contributed by atoms with Gasteiger partial charge in [0.1, 0.15) is 0 Å². The van der Waals surface area contributed by atoms with Gasteiger partial charge >= 0.3 is 0 Å². The Hall–Kier alpha value is -0.780. The van der Waals surface area contributed by atoms with Crippen molar-refractivity contribution in [2.75, 3.05) is 0 Å². The fraction of sp³-hybridized carbons (Fsp3) is 0.455. The molecule has 1 aliphatic rings. The van der Waals surface area contributed by atoms with Gasteiger partial charge < -0.3 is 0 Å². The molecular formula is C11H16. The molecule has 0 bridgehead atoms. The van der Waals surface area contributed by atoms with Gasteiger partial charge in [-0.3, -0.25) is 0 Å². The average Bonchev–Trinajstić information content (AvgIpc) is 2.24. The molecule has 1 aliphatic carbocycles. The Balaban J connectivity index is 3.06. The largest absolute Gasteiger partial charge is 0.0988 e. The van der Waals surface area contributed by atoms with Crippen LogP contribution in [-0.4, -0.2) is 0 Å². The summed E-state index contributed by atoms with van der Waals surface area (Å²) in [5.41, 5.74) is 3.09. The van der Waals surface area contributed by atoms with Crippen LogP contribution < -0.4 is 0 Å². The minimum Gasteiger partial charge on any atom is -0.0988 e. The summed E-state index contributed by atoms with van der Waals surface area (Å²) >= 11 is 0. The van der Waals surface area contributed by atoms with Crippen LogP contribution in [0.3, 0.4) is 0 Å². The Morgan fingerprint density at radius 2 is 1.91 bits per heavy atom. The molecule has 0 nitrogen and oxygen atoms in total. The third-order valence-electron chi connectivity index (χ3n) is 2.54. The Labute approximate surface area is 69.3 Å². The minimum absolute atomic E-state index is 0.325. The Bertz CT molecular complexity index is 216. The number of hydrogen-bond acceptors (Lipinski definition) is 0. The molecule has 0 N–H and O–H groups in total. The lowest BCUT2D eigenvalue weighted by molar-refractivity contribution is 0.452. The van der Waals surface area contributed by atoms with Crippen molar-refractivity contribution in [1.29, 1.82) is 0 Å². The zero-order valence-corrected chi connectivity index (χ0v) is 7.48. The van der Waals surface area contributed by atoms with E-state index >= 15 is 0 Å². The van der Waals surface area contributed by atoms with E-state index in [0.29, 0.717) is 5.41 Å². The van der Waals surface area contributed by atoms with Gasteiger partial charge in [0.25, 0.3) is 0 Å². The molecule has 0 aromatic carbocycles. The minimum atomic E-state index is 0.325. The van der Waals surface area contributed by atoms with Crippen LogP contribution in [0.2, 0.25) is 0 Å². The molecule has 0 amide bonds. The van der Waals surface area contributed by atoms with Crippen LogP contribution in [0.5, 0.6) is 0 Å². The van der Waals surface area contributed by atoms with E-state index in [1.165, 1.54) is 17.6 Å². The standard InChI is InChI=1S/C11H16/c1-5-9-7-8-11(3,4)10(9)6-2/h5-6H,1-2,7-8H2,3-4H3. The molecule has 1 rings (SSSR count). The Kier molecular flexibility index (Phi) is 2.03. The summed E-state index contributed by atoms with van der Waals surface area (Å²) in [6.07, 6.45) is 6.34. The third kappa shape index (κ3) is 1.30. The van der Waals surface area contributed by atoms with E-state index in [4.69, 9.17) is 0 Å². The molecule has 0 aromatic rings. The lowest BCUT2D eigenvalue weighted by atomic mass is 9.85. The van der Waals surface area contributed by atoms with Gasteiger partial charge in [0, 0.05) is 0 Å². The number of rotatable bonds is 2. The van der Waals surface area contributed by atoms with Crippen LogP contribution in [0.25, 0.3) is 0 Å². The third-order valence-corrected chi connectivity index (χ3v) is 2.54. The molecule has 0 aromatic heterocycles. The van der Waals surface area contributed by atoms with E-state index in [9.17, 15) is 0 Å². The summed E-state index contributed by atoms with van der Waals surface area (Å²) in [5.74, 6) is 0. The predicted octanol–water partition coefficient (Wildman–Crippen LogP) is 3.48. The van der Waals surface area contributed by atoms with Gasteiger partial charge in [-0.15, -0.1) is 0 Å². The first kappa shape index (κ1) is 8.32. The van der Waals surface area contributed by atoms with Crippen molar-refractivity contribution in [2.24, 2.45) is 5.41 Å². The second-order valence-corrected chi connectivity index (χ2v) is 3.73. The van der Waals surface area contributed by atoms with Crippen LogP contribution in [0, 0.1) is 5.41 Å². The van der Waals surface area contributed by atoms with E-state index in [-0.39, 0.29) is 0 Å². The fourth-order valence-electron chi connectivity index (χ4n) is 1.77. The first-order valence-corrected chi connectivity index (χ1v) is 4.10. The van der Waals surface area contributed by atoms with Crippen molar-refractivity contribution in [3.63, 3.8) is 0 Å². The fourth-order valence-corrected chi connectivity index (χ4v) is 1.77. The van der Waals surface area contributed by atoms with Crippen LogP contribution in [0.1, 0.15) is 26.7 Å². The van der Waals surface area contributed by atoms with Crippen LogP contribution >= 0.6 is 0 Å². The quantitative estimate of drug-likeness (QED) is 0.562. The summed E-state index contributed by atoms with van der Waals surface area (Å²) in [4.78, 5) is 0. The van der Waals surface area contributed by atoms with E-state index < -0.39 is 0 Å². The average molecular weight is 148 g/mol. The smallest absolute Gasteiger partial charge is 0.00979 e. The van der Waals surface area contributed by atoms with Crippen LogP contribution in [-0.2, 0) is 0 Å². The van der Waals surface area contributed by atoms with Crippen molar-refractivity contribution in [3.05, 3.63) is 36.5 Å². The first-order chi connectivity index (χ1) is 5.11. The predicted molar refractivity (Wildman–Crippen MR) is 50.4 cm³/mol. The zero-order valence-electron chi connectivity index (χ0n) is 7.48. The molecule has 0 fully saturated rings. The van der Waals surface area contributed by atoms with Crippen LogP contribution in [0.4, 0.5) is 0 Å². The molecule has 0 saturated heterocycles. The number of hydrogen-bond donors (Lipinski definition) is 0. The van der Waals surface area contributed by atoms with Gasteiger partial charge in [-0.2, -0.15) is 0 Å². The van der Waals surface area contributed by atoms with Crippen LogP contribution in [0.15, 0.2) is 36.5 Å². The Morgan fingerprint density at radius 1 is 1.27 bits per heavy atom. The molecule has 0 spiro atoms. The molecular weight excluding hydrogens is 132 g/mol. The van der Waals surface area contributed by atoms with Gasteiger partial charge in [-0.1, -0.05) is 39.2 Å². The molecule has 60 valence electrons. The van der Waals surface area contributed by atoms with E-state index in [1.807, 2.05) is 12.2 Å². The molecule has 0 saturated carbocycles. The SMILES string of the molecule is C=CC1=C(C=C)C(C)(C)CC1. The molecule has 0 atom stereocenters. The molecule has 0 heterocycles. The molecule has 0 heteroatoms. The van der Waals surface area contributed by atoms with Crippen molar-refractivity contribution in [1.82, 2.24) is 0 Å². The molecule has 0 unspecified atom stereocenters. The highest BCUT2D eigenvalue weighted by Crippen LogP contribution is 2.42. The monoisotopic (exact) mass is 148 g/mol. The van der Waals surface area contributed by atoms with E-state index in [1.54, 1.807) is 0 Å². The number of allylic oxidation sites excluding steroid dienone is 4. The lowest BCUT2D eigenvalue weighted by Gasteiger charge is -2.19. The van der Waals surface area contributed by atoms with E-state index in [0.717, 1.165) is 6.42 Å². The second-order valence-electron chi connectivity index (χ2n) is 3.73. The summed E-state index contributed by atoms with van der Waals surface area (Å²) < 4.78 is 0. The van der Waals surface area contributed by atoms with Crippen molar-refractivity contribution < 1.29 is 0 Å². The highest BCUT2D eigenvalue weighted by atomic mass is 14.3. The van der Waals surface area contributed by atoms with Gasteiger partial charge in [-0.05, 0) is 29.4 Å². The normalized spacial score (nSPS) is 22.0. The molecule has 11 heavy (non-hydrogen) atoms. The van der Waals surface area contributed by atoms with Gasteiger partial charge in [0.2, 0.25) is 0 Å². The van der Waals surface area contributed by atoms with Crippen molar-refractivity contribution in [2.45, 2.75) is 26.7 Å². The van der Waals surface area contributed by atoms with Gasteiger partial charge in [0.15, 0.2) is 0 Å². The van der Waals surface area contributed by atoms with E-state index in [2.05, 4.69) is 27.0 Å². The summed E-state index contributed by atoms with van der Waals surface area (Å²) in [6, 6.07) is 0. The topological polar surface area (TPSA) is 0 Å². The maximum absolute atomic E-state index is 3.83. The van der Waals surface area contributed by atoms with Crippen molar-refractivity contribution >= 4 is 0 Å². The Morgan fingerprint density at radius 3 is 2.27 bits per heavy atom. The highest BCUT2D eigenvalue weighted by Gasteiger charge is 2.28. The molecule has 0 aliphatic heterocycles.